The quantitative estimate of drug-likeness (QED) is 0.188. The standard InChI is InChI=1S/C29H44N2S/c1-6-7-9-14-26(2)25-32-22-21-30(23-27-15-10-8-11-16-27)19-20-31(29(3,4)5)24-28-17-12-13-18-28/h1,7-11,14-16,28H,12-13,17-25H2,2-5H3/b9-7-,26-14+. The van der Waals surface area contributed by atoms with E-state index in [1.807, 2.05) is 17.8 Å². The Morgan fingerprint density at radius 2 is 1.84 bits per heavy atom. The Labute approximate surface area is 202 Å². The Kier molecular flexibility index (Phi) is 12.2. The molecule has 176 valence electrons. The van der Waals surface area contributed by atoms with E-state index in [9.17, 15) is 0 Å². The summed E-state index contributed by atoms with van der Waals surface area (Å²) < 4.78 is 0. The van der Waals surface area contributed by atoms with E-state index < -0.39 is 0 Å². The zero-order valence-electron chi connectivity index (χ0n) is 20.9. The Morgan fingerprint density at radius 1 is 1.12 bits per heavy atom. The fourth-order valence-electron chi connectivity index (χ4n) is 4.32. The van der Waals surface area contributed by atoms with E-state index in [0.29, 0.717) is 0 Å². The molecule has 0 atom stereocenters. The van der Waals surface area contributed by atoms with Crippen LogP contribution in [0.5, 0.6) is 0 Å². The molecule has 1 aromatic rings. The number of thioether (sulfide) groups is 1. The summed E-state index contributed by atoms with van der Waals surface area (Å²) in [7, 11) is 0. The molecule has 3 heteroatoms. The van der Waals surface area contributed by atoms with Crippen molar-refractivity contribution in [3.8, 4) is 12.3 Å². The van der Waals surface area contributed by atoms with Gasteiger partial charge in [0.15, 0.2) is 0 Å². The summed E-state index contributed by atoms with van der Waals surface area (Å²) in [6, 6.07) is 10.9. The topological polar surface area (TPSA) is 6.48 Å². The molecule has 1 aliphatic rings. The second kappa shape index (κ2) is 14.6. The summed E-state index contributed by atoms with van der Waals surface area (Å²) in [6.07, 6.45) is 16.8. The molecule has 1 fully saturated rings. The average molecular weight is 453 g/mol. The highest BCUT2D eigenvalue weighted by Crippen LogP contribution is 2.28. The molecule has 0 N–H and O–H groups in total. The predicted molar refractivity (Wildman–Crippen MR) is 144 cm³/mol. The minimum Gasteiger partial charge on any atom is -0.297 e. The van der Waals surface area contributed by atoms with E-state index in [-0.39, 0.29) is 5.54 Å². The maximum Gasteiger partial charge on any atom is 0.0234 e. The van der Waals surface area contributed by atoms with Crippen LogP contribution in [0.3, 0.4) is 0 Å². The molecule has 0 bridgehead atoms. The summed E-state index contributed by atoms with van der Waals surface area (Å²) in [6.45, 7) is 15.0. The van der Waals surface area contributed by atoms with E-state index in [2.05, 4.69) is 79.8 Å². The molecule has 1 aliphatic carbocycles. The molecular formula is C29H44N2S. The van der Waals surface area contributed by atoms with Crippen molar-refractivity contribution < 1.29 is 0 Å². The van der Waals surface area contributed by atoms with Gasteiger partial charge in [0, 0.05) is 49.8 Å². The molecule has 0 aromatic heterocycles. The van der Waals surface area contributed by atoms with Crippen molar-refractivity contribution in [1.29, 1.82) is 0 Å². The third-order valence-corrected chi connectivity index (χ3v) is 7.42. The van der Waals surface area contributed by atoms with Gasteiger partial charge < -0.3 is 0 Å². The minimum absolute atomic E-state index is 0.226. The highest BCUT2D eigenvalue weighted by molar-refractivity contribution is 7.99. The monoisotopic (exact) mass is 452 g/mol. The van der Waals surface area contributed by atoms with Crippen molar-refractivity contribution in [2.24, 2.45) is 5.92 Å². The lowest BCUT2D eigenvalue weighted by molar-refractivity contribution is 0.0959. The summed E-state index contributed by atoms with van der Waals surface area (Å²) in [5, 5.41) is 0. The molecule has 0 saturated heterocycles. The summed E-state index contributed by atoms with van der Waals surface area (Å²) in [5.74, 6) is 5.64. The third-order valence-electron chi connectivity index (χ3n) is 6.29. The van der Waals surface area contributed by atoms with Gasteiger partial charge in [0.25, 0.3) is 0 Å². The van der Waals surface area contributed by atoms with E-state index >= 15 is 0 Å². The molecule has 1 saturated carbocycles. The summed E-state index contributed by atoms with van der Waals surface area (Å²) in [4.78, 5) is 5.38. The lowest BCUT2D eigenvalue weighted by Gasteiger charge is -2.39. The van der Waals surface area contributed by atoms with Crippen molar-refractivity contribution in [1.82, 2.24) is 9.80 Å². The lowest BCUT2D eigenvalue weighted by Crippen LogP contribution is -2.47. The van der Waals surface area contributed by atoms with E-state index in [1.54, 1.807) is 6.08 Å². The van der Waals surface area contributed by atoms with Crippen LogP contribution in [0.1, 0.15) is 58.9 Å². The maximum absolute atomic E-state index is 5.27. The molecule has 0 spiro atoms. The Morgan fingerprint density at radius 3 is 2.50 bits per heavy atom. The smallest absolute Gasteiger partial charge is 0.0234 e. The minimum atomic E-state index is 0.226. The van der Waals surface area contributed by atoms with Gasteiger partial charge in [-0.3, -0.25) is 9.80 Å². The van der Waals surface area contributed by atoms with Crippen LogP contribution in [0.4, 0.5) is 0 Å². The molecule has 1 aromatic carbocycles. The van der Waals surface area contributed by atoms with Crippen molar-refractivity contribution in [2.75, 3.05) is 37.7 Å². The molecule has 2 rings (SSSR count). The number of hydrogen-bond acceptors (Lipinski definition) is 3. The fraction of sp³-hybridized carbons (Fsp3) is 0.586. The number of hydrogen-bond donors (Lipinski definition) is 0. The first-order valence-electron chi connectivity index (χ1n) is 12.3. The van der Waals surface area contributed by atoms with Gasteiger partial charge in [-0.1, -0.05) is 66.8 Å². The molecule has 0 radical (unpaired) electrons. The largest absolute Gasteiger partial charge is 0.297 e. The molecule has 2 nitrogen and oxygen atoms in total. The lowest BCUT2D eigenvalue weighted by atomic mass is 10.0. The van der Waals surface area contributed by atoms with E-state index in [4.69, 9.17) is 6.42 Å². The van der Waals surface area contributed by atoms with Crippen molar-refractivity contribution in [3.63, 3.8) is 0 Å². The molecule has 0 amide bonds. The average Bonchev–Trinajstić information content (AvgIpc) is 3.27. The van der Waals surface area contributed by atoms with Gasteiger partial charge in [-0.2, -0.15) is 11.8 Å². The molecule has 0 aliphatic heterocycles. The second-order valence-corrected chi connectivity index (χ2v) is 11.2. The highest BCUT2D eigenvalue weighted by atomic mass is 32.2. The zero-order chi connectivity index (χ0) is 23.2. The van der Waals surface area contributed by atoms with E-state index in [1.165, 1.54) is 43.4 Å². The van der Waals surface area contributed by atoms with Crippen molar-refractivity contribution >= 4 is 11.8 Å². The Balaban J connectivity index is 1.90. The maximum atomic E-state index is 5.27. The normalized spacial score (nSPS) is 15.8. The third kappa shape index (κ3) is 10.9. The van der Waals surface area contributed by atoms with Crippen LogP contribution < -0.4 is 0 Å². The first kappa shape index (κ1) is 26.8. The fourth-order valence-corrected chi connectivity index (χ4v) is 5.27. The van der Waals surface area contributed by atoms with Crippen LogP contribution in [-0.4, -0.2) is 53.0 Å². The number of nitrogens with zero attached hydrogens (tertiary/aromatic N) is 2. The first-order valence-corrected chi connectivity index (χ1v) is 13.4. The molecule has 32 heavy (non-hydrogen) atoms. The van der Waals surface area contributed by atoms with Crippen LogP contribution >= 0.6 is 11.8 Å². The van der Waals surface area contributed by atoms with Crippen molar-refractivity contribution in [3.05, 3.63) is 59.7 Å². The Hall–Kier alpha value is -1.47. The number of allylic oxidation sites excluding steroid dienone is 3. The van der Waals surface area contributed by atoms with Gasteiger partial charge in [-0.15, -0.1) is 6.42 Å². The molecule has 0 heterocycles. The van der Waals surface area contributed by atoms with Crippen molar-refractivity contribution in [2.45, 2.75) is 65.5 Å². The van der Waals surface area contributed by atoms with Gasteiger partial charge in [-0.25, -0.2) is 0 Å². The number of benzene rings is 1. The summed E-state index contributed by atoms with van der Waals surface area (Å²) >= 11 is 2.02. The van der Waals surface area contributed by atoms with Crippen LogP contribution in [-0.2, 0) is 6.54 Å². The highest BCUT2D eigenvalue weighted by Gasteiger charge is 2.26. The predicted octanol–water partition coefficient (Wildman–Crippen LogP) is 6.65. The van der Waals surface area contributed by atoms with Gasteiger partial charge in [0.05, 0.1) is 0 Å². The van der Waals surface area contributed by atoms with Gasteiger partial charge in [-0.05, 0) is 58.1 Å². The van der Waals surface area contributed by atoms with Crippen LogP contribution in [0, 0.1) is 18.3 Å². The molecular weight excluding hydrogens is 408 g/mol. The first-order chi connectivity index (χ1) is 15.4. The van der Waals surface area contributed by atoms with Crippen LogP contribution in [0.15, 0.2) is 54.1 Å². The SMILES string of the molecule is C#C/C=C\C=C(/C)CSCCN(CCN(CC1CCCC1)C(C)(C)C)Cc1ccccc1. The zero-order valence-corrected chi connectivity index (χ0v) is 21.7. The second-order valence-electron chi connectivity index (χ2n) is 10.1. The van der Waals surface area contributed by atoms with Gasteiger partial charge >= 0.3 is 0 Å². The number of terminal acetylenes is 1. The molecule has 0 unspecified atom stereocenters. The Bertz CT molecular complexity index is 733. The van der Waals surface area contributed by atoms with Gasteiger partial charge in [0.1, 0.15) is 0 Å². The van der Waals surface area contributed by atoms with Crippen LogP contribution in [0.25, 0.3) is 0 Å². The van der Waals surface area contributed by atoms with E-state index in [0.717, 1.165) is 43.6 Å². The van der Waals surface area contributed by atoms with Crippen LogP contribution in [0.2, 0.25) is 0 Å². The summed E-state index contributed by atoms with van der Waals surface area (Å²) in [5.41, 5.74) is 3.00. The number of rotatable bonds is 13. The van der Waals surface area contributed by atoms with Gasteiger partial charge in [0.2, 0.25) is 0 Å².